The molecule has 0 spiro atoms. The molecule has 1 aliphatic rings. The highest BCUT2D eigenvalue weighted by Gasteiger charge is 2.14. The Morgan fingerprint density at radius 2 is 1.94 bits per heavy atom. The molecule has 1 amide bonds. The van der Waals surface area contributed by atoms with Crippen LogP contribution in [0.15, 0.2) is 12.2 Å². The molecule has 0 aromatic rings. The van der Waals surface area contributed by atoms with Crippen LogP contribution < -0.4 is 16.0 Å². The first-order chi connectivity index (χ1) is 8.59. The SMILES string of the molecule is C=C(C)C(=O)NCCNC(=S)NC1COCOC1. The fraction of sp³-hybridized carbons (Fsp3) is 0.636. The van der Waals surface area contributed by atoms with Gasteiger partial charge in [-0.25, -0.2) is 0 Å². The van der Waals surface area contributed by atoms with Crippen molar-refractivity contribution in [3.63, 3.8) is 0 Å². The van der Waals surface area contributed by atoms with Gasteiger partial charge in [0.05, 0.1) is 19.3 Å². The molecule has 0 saturated carbocycles. The summed E-state index contributed by atoms with van der Waals surface area (Å²) in [5, 5.41) is 9.29. The topological polar surface area (TPSA) is 71.6 Å². The highest BCUT2D eigenvalue weighted by atomic mass is 32.1. The fourth-order valence-electron chi connectivity index (χ4n) is 1.31. The summed E-state index contributed by atoms with van der Waals surface area (Å²) >= 11 is 5.10. The fourth-order valence-corrected chi connectivity index (χ4v) is 1.58. The van der Waals surface area contributed by atoms with E-state index in [9.17, 15) is 4.79 Å². The summed E-state index contributed by atoms with van der Waals surface area (Å²) in [5.74, 6) is -0.148. The van der Waals surface area contributed by atoms with Crippen molar-refractivity contribution in [2.75, 3.05) is 33.1 Å². The maximum atomic E-state index is 11.2. The molecule has 0 aromatic heterocycles. The maximum Gasteiger partial charge on any atom is 0.246 e. The number of carbonyl (C=O) groups excluding carboxylic acids is 1. The third kappa shape index (κ3) is 5.95. The second kappa shape index (κ2) is 8.02. The van der Waals surface area contributed by atoms with E-state index in [0.717, 1.165) is 0 Å². The van der Waals surface area contributed by atoms with Crippen molar-refractivity contribution in [3.05, 3.63) is 12.2 Å². The van der Waals surface area contributed by atoms with Gasteiger partial charge in [-0.05, 0) is 19.1 Å². The van der Waals surface area contributed by atoms with Crippen molar-refractivity contribution < 1.29 is 14.3 Å². The summed E-state index contributed by atoms with van der Waals surface area (Å²) < 4.78 is 10.3. The lowest BCUT2D eigenvalue weighted by Gasteiger charge is -2.24. The van der Waals surface area contributed by atoms with E-state index in [1.54, 1.807) is 6.92 Å². The smallest absolute Gasteiger partial charge is 0.246 e. The predicted octanol–water partition coefficient (Wildman–Crippen LogP) is -0.484. The normalized spacial score (nSPS) is 15.8. The van der Waals surface area contributed by atoms with E-state index < -0.39 is 0 Å². The molecule has 1 fully saturated rings. The Labute approximate surface area is 112 Å². The Kier molecular flexibility index (Phi) is 6.63. The van der Waals surface area contributed by atoms with E-state index in [1.165, 1.54) is 0 Å². The lowest BCUT2D eigenvalue weighted by atomic mass is 10.3. The second-order valence-corrected chi connectivity index (χ2v) is 4.40. The molecule has 6 nitrogen and oxygen atoms in total. The van der Waals surface area contributed by atoms with Crippen molar-refractivity contribution in [3.8, 4) is 0 Å². The molecule has 102 valence electrons. The predicted molar refractivity (Wildman–Crippen MR) is 72.1 cm³/mol. The summed E-state index contributed by atoms with van der Waals surface area (Å²) in [6.07, 6.45) is 0. The van der Waals surface area contributed by atoms with Crippen LogP contribution in [0.1, 0.15) is 6.92 Å². The lowest BCUT2D eigenvalue weighted by molar-refractivity contribution is -0.117. The quantitative estimate of drug-likeness (QED) is 0.357. The van der Waals surface area contributed by atoms with E-state index in [-0.39, 0.29) is 11.9 Å². The zero-order valence-corrected chi connectivity index (χ0v) is 11.3. The van der Waals surface area contributed by atoms with Crippen molar-refractivity contribution in [2.45, 2.75) is 13.0 Å². The van der Waals surface area contributed by atoms with Crippen molar-refractivity contribution in [2.24, 2.45) is 0 Å². The van der Waals surface area contributed by atoms with Gasteiger partial charge in [0.25, 0.3) is 0 Å². The largest absolute Gasteiger partial charge is 0.361 e. The van der Waals surface area contributed by atoms with Gasteiger partial charge >= 0.3 is 0 Å². The van der Waals surface area contributed by atoms with Crippen LogP contribution in [-0.2, 0) is 14.3 Å². The molecule has 18 heavy (non-hydrogen) atoms. The molecule has 0 bridgehead atoms. The Bertz CT molecular complexity index is 317. The molecule has 3 N–H and O–H groups in total. The molecule has 1 rings (SSSR count). The monoisotopic (exact) mass is 273 g/mol. The van der Waals surface area contributed by atoms with Gasteiger partial charge in [0.1, 0.15) is 6.79 Å². The van der Waals surface area contributed by atoms with Crippen molar-refractivity contribution >= 4 is 23.2 Å². The van der Waals surface area contributed by atoms with Gasteiger partial charge in [0, 0.05) is 18.7 Å². The van der Waals surface area contributed by atoms with Gasteiger partial charge in [-0.2, -0.15) is 0 Å². The minimum absolute atomic E-state index is 0.0729. The zero-order valence-electron chi connectivity index (χ0n) is 10.5. The summed E-state index contributed by atoms with van der Waals surface area (Å²) in [6.45, 7) is 7.75. The summed E-state index contributed by atoms with van der Waals surface area (Å²) in [7, 11) is 0. The number of ether oxygens (including phenoxy) is 2. The molecule has 0 radical (unpaired) electrons. The average molecular weight is 273 g/mol. The number of thiocarbonyl (C=S) groups is 1. The number of rotatable bonds is 5. The summed E-state index contributed by atoms with van der Waals surface area (Å²) in [5.41, 5.74) is 0.493. The van der Waals surface area contributed by atoms with Gasteiger partial charge in [0.2, 0.25) is 5.91 Å². The first kappa shape index (κ1) is 14.9. The number of nitrogens with one attached hydrogen (secondary N) is 3. The van der Waals surface area contributed by atoms with Crippen LogP contribution in [0.4, 0.5) is 0 Å². The van der Waals surface area contributed by atoms with E-state index in [1.807, 2.05) is 0 Å². The summed E-state index contributed by atoms with van der Waals surface area (Å²) in [6, 6.07) is 0.0729. The van der Waals surface area contributed by atoms with Crippen LogP contribution in [0, 0.1) is 0 Å². The van der Waals surface area contributed by atoms with Gasteiger partial charge in [-0.3, -0.25) is 4.79 Å². The Morgan fingerprint density at radius 1 is 1.33 bits per heavy atom. The van der Waals surface area contributed by atoms with Crippen LogP contribution in [-0.4, -0.2) is 50.2 Å². The molecular weight excluding hydrogens is 254 g/mol. The molecular formula is C11H19N3O3S. The Morgan fingerprint density at radius 3 is 2.56 bits per heavy atom. The molecule has 0 unspecified atom stereocenters. The summed E-state index contributed by atoms with van der Waals surface area (Å²) in [4.78, 5) is 11.2. The van der Waals surface area contributed by atoms with Crippen molar-refractivity contribution in [1.29, 1.82) is 0 Å². The minimum Gasteiger partial charge on any atom is -0.361 e. The second-order valence-electron chi connectivity index (χ2n) is 3.99. The first-order valence-electron chi connectivity index (χ1n) is 5.73. The molecule has 1 heterocycles. The molecule has 7 heteroatoms. The third-order valence-electron chi connectivity index (χ3n) is 2.22. The first-order valence-corrected chi connectivity index (χ1v) is 6.14. The van der Waals surface area contributed by atoms with E-state index >= 15 is 0 Å². The number of amides is 1. The Hall–Kier alpha value is -1.18. The van der Waals surface area contributed by atoms with Gasteiger partial charge in [-0.1, -0.05) is 6.58 Å². The highest BCUT2D eigenvalue weighted by Crippen LogP contribution is 1.95. The molecule has 0 atom stereocenters. The standard InChI is InChI=1S/C11H19N3O3S/c1-8(2)10(15)12-3-4-13-11(18)14-9-5-16-7-17-6-9/h9H,1,3-7H2,2H3,(H,12,15)(H2,13,14,18). The molecule has 0 aliphatic carbocycles. The van der Waals surface area contributed by atoms with Crippen LogP contribution in [0.3, 0.4) is 0 Å². The Balaban J connectivity index is 2.06. The molecule has 1 saturated heterocycles. The van der Waals surface area contributed by atoms with Crippen LogP contribution in [0.5, 0.6) is 0 Å². The zero-order chi connectivity index (χ0) is 13.4. The van der Waals surface area contributed by atoms with E-state index in [0.29, 0.717) is 43.8 Å². The van der Waals surface area contributed by atoms with Crippen LogP contribution in [0.2, 0.25) is 0 Å². The number of hydrogen-bond acceptors (Lipinski definition) is 4. The average Bonchev–Trinajstić information content (AvgIpc) is 2.35. The van der Waals surface area contributed by atoms with Gasteiger partial charge in [0.15, 0.2) is 5.11 Å². The highest BCUT2D eigenvalue weighted by molar-refractivity contribution is 7.80. The van der Waals surface area contributed by atoms with Crippen LogP contribution >= 0.6 is 12.2 Å². The molecule has 0 aromatic carbocycles. The van der Waals surface area contributed by atoms with Crippen LogP contribution in [0.25, 0.3) is 0 Å². The van der Waals surface area contributed by atoms with E-state index in [2.05, 4.69) is 22.5 Å². The molecule has 1 aliphatic heterocycles. The lowest BCUT2D eigenvalue weighted by Crippen LogP contribution is -2.49. The maximum absolute atomic E-state index is 11.2. The number of carbonyl (C=O) groups is 1. The van der Waals surface area contributed by atoms with E-state index in [4.69, 9.17) is 21.7 Å². The van der Waals surface area contributed by atoms with Gasteiger partial charge in [-0.15, -0.1) is 0 Å². The minimum atomic E-state index is -0.148. The number of hydrogen-bond donors (Lipinski definition) is 3. The third-order valence-corrected chi connectivity index (χ3v) is 2.49. The van der Waals surface area contributed by atoms with Gasteiger partial charge < -0.3 is 25.4 Å². The van der Waals surface area contributed by atoms with Crippen molar-refractivity contribution in [1.82, 2.24) is 16.0 Å².